The van der Waals surface area contributed by atoms with Crippen molar-refractivity contribution in [3.05, 3.63) is 51.5 Å². The average molecular weight is 442 g/mol. The zero-order valence-electron chi connectivity index (χ0n) is 16.4. The van der Waals surface area contributed by atoms with Crippen LogP contribution >= 0.6 is 23.2 Å². The van der Waals surface area contributed by atoms with Gasteiger partial charge in [0, 0.05) is 5.56 Å². The van der Waals surface area contributed by atoms with Gasteiger partial charge in [-0.2, -0.15) is 0 Å². The van der Waals surface area contributed by atoms with Crippen molar-refractivity contribution in [2.75, 3.05) is 28.4 Å². The van der Waals surface area contributed by atoms with E-state index in [9.17, 15) is 9.59 Å². The van der Waals surface area contributed by atoms with Gasteiger partial charge in [0.25, 0.3) is 5.91 Å². The van der Waals surface area contributed by atoms with Crippen molar-refractivity contribution < 1.29 is 28.5 Å². The van der Waals surface area contributed by atoms with Crippen LogP contribution in [-0.4, -0.2) is 40.3 Å². The number of benzene rings is 2. The molecule has 9 heteroatoms. The first-order valence-corrected chi connectivity index (χ1v) is 9.22. The minimum atomic E-state index is -0.686. The lowest BCUT2D eigenvalue weighted by molar-refractivity contribution is -0.141. The maximum atomic E-state index is 12.8. The van der Waals surface area contributed by atoms with Crippen LogP contribution < -0.4 is 19.5 Å². The standard InChI is InChI=1S/C20H21Cl2NO6/c1-26-16-6-5-11(9-17(16)27-2)15(10-18(24)28-3)23-20(25)12-7-13(21)19(29-4)14(22)8-12/h5-9,15H,10H2,1-4H3,(H,23,25). The molecule has 0 spiro atoms. The van der Waals surface area contributed by atoms with Crippen LogP contribution in [0.25, 0.3) is 0 Å². The summed E-state index contributed by atoms with van der Waals surface area (Å²) >= 11 is 12.2. The first kappa shape index (κ1) is 22.6. The van der Waals surface area contributed by atoms with Gasteiger partial charge in [-0.3, -0.25) is 9.59 Å². The normalized spacial score (nSPS) is 11.4. The van der Waals surface area contributed by atoms with Crippen molar-refractivity contribution in [3.63, 3.8) is 0 Å². The first-order chi connectivity index (χ1) is 13.8. The second-order valence-electron chi connectivity index (χ2n) is 5.89. The van der Waals surface area contributed by atoms with E-state index in [4.69, 9.17) is 42.1 Å². The summed E-state index contributed by atoms with van der Waals surface area (Å²) < 4.78 is 20.4. The minimum absolute atomic E-state index is 0.0880. The molecule has 1 N–H and O–H groups in total. The van der Waals surface area contributed by atoms with Crippen LogP contribution in [0.4, 0.5) is 0 Å². The Morgan fingerprint density at radius 3 is 2.07 bits per heavy atom. The van der Waals surface area contributed by atoms with E-state index in [1.54, 1.807) is 18.2 Å². The SMILES string of the molecule is COC(=O)CC(NC(=O)c1cc(Cl)c(OC)c(Cl)c1)c1ccc(OC)c(OC)c1. The summed E-state index contributed by atoms with van der Waals surface area (Å²) in [5.41, 5.74) is 0.850. The largest absolute Gasteiger partial charge is 0.494 e. The Morgan fingerprint density at radius 1 is 0.931 bits per heavy atom. The number of carbonyl (C=O) groups excluding carboxylic acids is 2. The highest BCUT2D eigenvalue weighted by atomic mass is 35.5. The minimum Gasteiger partial charge on any atom is -0.494 e. The van der Waals surface area contributed by atoms with E-state index in [1.807, 2.05) is 0 Å². The van der Waals surface area contributed by atoms with Crippen molar-refractivity contribution in [2.45, 2.75) is 12.5 Å². The number of rotatable bonds is 8. The Balaban J connectivity index is 2.36. The second kappa shape index (κ2) is 10.2. The van der Waals surface area contributed by atoms with E-state index in [1.165, 1.54) is 40.6 Å². The molecule has 1 amide bonds. The highest BCUT2D eigenvalue weighted by molar-refractivity contribution is 6.37. The molecule has 2 aromatic carbocycles. The molecule has 2 aromatic rings. The number of hydrogen-bond donors (Lipinski definition) is 1. The van der Waals surface area contributed by atoms with Crippen LogP contribution in [0.5, 0.6) is 17.2 Å². The van der Waals surface area contributed by atoms with Gasteiger partial charge >= 0.3 is 5.97 Å². The molecule has 0 aliphatic heterocycles. The predicted octanol–water partition coefficient (Wildman–Crippen LogP) is 4.05. The summed E-state index contributed by atoms with van der Waals surface area (Å²) in [6, 6.07) is 7.28. The predicted molar refractivity (Wildman–Crippen MR) is 109 cm³/mol. The van der Waals surface area contributed by atoms with Crippen LogP contribution in [0, 0.1) is 0 Å². The van der Waals surface area contributed by atoms with Crippen LogP contribution in [0.3, 0.4) is 0 Å². The third-order valence-electron chi connectivity index (χ3n) is 4.18. The second-order valence-corrected chi connectivity index (χ2v) is 6.71. The lowest BCUT2D eigenvalue weighted by Gasteiger charge is -2.20. The molecule has 2 rings (SSSR count). The third-order valence-corrected chi connectivity index (χ3v) is 4.74. The summed E-state index contributed by atoms with van der Waals surface area (Å²) in [5, 5.41) is 3.19. The van der Waals surface area contributed by atoms with Crippen LogP contribution in [-0.2, 0) is 9.53 Å². The van der Waals surface area contributed by atoms with E-state index in [-0.39, 0.29) is 27.8 Å². The first-order valence-electron chi connectivity index (χ1n) is 8.47. The van der Waals surface area contributed by atoms with Crippen LogP contribution in [0.15, 0.2) is 30.3 Å². The monoisotopic (exact) mass is 441 g/mol. The average Bonchev–Trinajstić information content (AvgIpc) is 2.72. The third kappa shape index (κ3) is 5.46. The summed E-state index contributed by atoms with van der Waals surface area (Å²) in [5.74, 6) is 0.296. The van der Waals surface area contributed by atoms with E-state index >= 15 is 0 Å². The van der Waals surface area contributed by atoms with E-state index in [0.717, 1.165) is 0 Å². The molecule has 0 aliphatic carbocycles. The maximum absolute atomic E-state index is 12.8. The molecule has 29 heavy (non-hydrogen) atoms. The Bertz CT molecular complexity index is 880. The fourth-order valence-electron chi connectivity index (χ4n) is 2.70. The molecule has 1 atom stereocenters. The van der Waals surface area contributed by atoms with Gasteiger partial charge in [-0.1, -0.05) is 29.3 Å². The molecule has 0 heterocycles. The van der Waals surface area contributed by atoms with Gasteiger partial charge in [-0.05, 0) is 29.8 Å². The number of carbonyl (C=O) groups is 2. The molecule has 0 radical (unpaired) electrons. The van der Waals surface area contributed by atoms with E-state index in [2.05, 4.69) is 5.32 Å². The van der Waals surface area contributed by atoms with Crippen LogP contribution in [0.2, 0.25) is 10.0 Å². The molecular weight excluding hydrogens is 421 g/mol. The molecule has 0 aromatic heterocycles. The molecule has 156 valence electrons. The summed E-state index contributed by atoms with van der Waals surface area (Å²) in [4.78, 5) is 24.7. The van der Waals surface area contributed by atoms with Crippen LogP contribution in [0.1, 0.15) is 28.4 Å². The smallest absolute Gasteiger partial charge is 0.307 e. The molecule has 0 fully saturated rings. The number of ether oxygens (including phenoxy) is 4. The molecule has 0 aliphatic rings. The summed E-state index contributed by atoms with van der Waals surface area (Å²) in [7, 11) is 5.72. The van der Waals surface area contributed by atoms with E-state index < -0.39 is 17.9 Å². The van der Waals surface area contributed by atoms with Gasteiger partial charge in [-0.25, -0.2) is 0 Å². The van der Waals surface area contributed by atoms with Gasteiger partial charge < -0.3 is 24.3 Å². The summed E-state index contributed by atoms with van der Waals surface area (Å²) in [6.07, 6.45) is -0.0880. The Labute approximate surface area is 178 Å². The molecular formula is C20H21Cl2NO6. The molecule has 7 nitrogen and oxygen atoms in total. The number of nitrogens with one attached hydrogen (secondary N) is 1. The highest BCUT2D eigenvalue weighted by Crippen LogP contribution is 2.34. The number of halogens is 2. The van der Waals surface area contributed by atoms with Gasteiger partial charge in [0.2, 0.25) is 0 Å². The van der Waals surface area contributed by atoms with Gasteiger partial charge in [0.15, 0.2) is 17.2 Å². The van der Waals surface area contributed by atoms with Gasteiger partial charge in [0.05, 0.1) is 50.9 Å². The maximum Gasteiger partial charge on any atom is 0.307 e. The van der Waals surface area contributed by atoms with Crippen molar-refractivity contribution in [1.82, 2.24) is 5.32 Å². The fraction of sp³-hybridized carbons (Fsp3) is 0.300. The molecule has 1 unspecified atom stereocenters. The highest BCUT2D eigenvalue weighted by Gasteiger charge is 2.22. The lowest BCUT2D eigenvalue weighted by atomic mass is 10.0. The fourth-order valence-corrected chi connectivity index (χ4v) is 3.34. The topological polar surface area (TPSA) is 83.1 Å². The van der Waals surface area contributed by atoms with Crippen molar-refractivity contribution in [2.24, 2.45) is 0 Å². The quantitative estimate of drug-likeness (QED) is 0.621. The number of esters is 1. The lowest BCUT2D eigenvalue weighted by Crippen LogP contribution is -2.30. The Kier molecular flexibility index (Phi) is 7.99. The Hall–Kier alpha value is -2.64. The molecule has 0 bridgehead atoms. The van der Waals surface area contributed by atoms with Gasteiger partial charge in [0.1, 0.15) is 0 Å². The van der Waals surface area contributed by atoms with Crippen molar-refractivity contribution >= 4 is 35.1 Å². The zero-order chi connectivity index (χ0) is 21.6. The van der Waals surface area contributed by atoms with E-state index in [0.29, 0.717) is 17.1 Å². The number of amides is 1. The molecule has 0 saturated carbocycles. The van der Waals surface area contributed by atoms with Gasteiger partial charge in [-0.15, -0.1) is 0 Å². The Morgan fingerprint density at radius 2 is 1.55 bits per heavy atom. The number of hydrogen-bond acceptors (Lipinski definition) is 6. The molecule has 0 saturated heterocycles. The van der Waals surface area contributed by atoms with Crippen molar-refractivity contribution in [1.29, 1.82) is 0 Å². The number of methoxy groups -OCH3 is 4. The summed E-state index contributed by atoms with van der Waals surface area (Å²) in [6.45, 7) is 0. The zero-order valence-corrected chi connectivity index (χ0v) is 17.9. The van der Waals surface area contributed by atoms with Crippen molar-refractivity contribution in [3.8, 4) is 17.2 Å².